The number of carbonyl (C=O) groups excluding carboxylic acids is 1. The van der Waals surface area contributed by atoms with E-state index in [2.05, 4.69) is 27.3 Å². The Balaban J connectivity index is 0.00000235. The first-order chi connectivity index (χ1) is 22.1. The van der Waals surface area contributed by atoms with Crippen LogP contribution in [0.2, 0.25) is 0 Å². The van der Waals surface area contributed by atoms with Gasteiger partial charge < -0.3 is 34.7 Å². The van der Waals surface area contributed by atoms with Gasteiger partial charge in [0.1, 0.15) is 29.9 Å². The third kappa shape index (κ3) is 8.01. The van der Waals surface area contributed by atoms with Crippen LogP contribution >= 0.6 is 7.75 Å². The number of carbonyl (C=O) groups is 1. The summed E-state index contributed by atoms with van der Waals surface area (Å²) < 4.78 is 43.6. The van der Waals surface area contributed by atoms with Crippen LogP contribution < -0.4 is 30.3 Å². The highest BCUT2D eigenvalue weighted by molar-refractivity contribution is 7.52. The van der Waals surface area contributed by atoms with Gasteiger partial charge in [-0.05, 0) is 38.1 Å². The molecule has 0 bridgehead atoms. The van der Waals surface area contributed by atoms with Crippen molar-refractivity contribution in [3.63, 3.8) is 0 Å². The van der Waals surface area contributed by atoms with E-state index < -0.39 is 25.9 Å². The van der Waals surface area contributed by atoms with Gasteiger partial charge in [-0.25, -0.2) is 4.57 Å². The van der Waals surface area contributed by atoms with Crippen molar-refractivity contribution in [2.75, 3.05) is 36.3 Å². The Morgan fingerprint density at radius 3 is 2.67 bits per heavy atom. The van der Waals surface area contributed by atoms with E-state index in [1.54, 1.807) is 13.0 Å². The molecule has 1 aromatic heterocycles. The number of methoxy groups -OCH3 is 1. The molecule has 6 atom stereocenters. The molecule has 0 radical (unpaired) electrons. The molecular weight excluding hydrogens is 611 g/mol. The summed E-state index contributed by atoms with van der Waals surface area (Å²) in [5, 5.41) is 7.81. The minimum Gasteiger partial charge on any atom is -0.479 e. The number of anilines is 3. The predicted octanol–water partition coefficient (Wildman–Crippen LogP) is 6.10. The summed E-state index contributed by atoms with van der Waals surface area (Å²) in [6, 6.07) is 12.1. The van der Waals surface area contributed by atoms with Gasteiger partial charge in [-0.1, -0.05) is 70.5 Å². The Bertz CT molecular complexity index is 1520. The number of nitrogens with two attached hydrogens (primary N) is 1. The van der Waals surface area contributed by atoms with Crippen LogP contribution in [0.15, 0.2) is 42.5 Å². The average molecular weight is 659 g/mol. The Hall–Kier alpha value is -3.64. The highest BCUT2D eigenvalue weighted by atomic mass is 31.2. The highest BCUT2D eigenvalue weighted by Gasteiger charge is 2.44. The van der Waals surface area contributed by atoms with Gasteiger partial charge in [0, 0.05) is 11.3 Å². The van der Waals surface area contributed by atoms with Crippen molar-refractivity contribution in [3.8, 4) is 11.6 Å². The first kappa shape index (κ1) is 35.2. The van der Waals surface area contributed by atoms with E-state index in [1.165, 1.54) is 7.11 Å². The molecule has 1 fully saturated rings. The van der Waals surface area contributed by atoms with E-state index >= 15 is 0 Å². The smallest absolute Gasteiger partial charge is 0.459 e. The second-order valence-corrected chi connectivity index (χ2v) is 12.8. The number of ether oxygens (including phenoxy) is 3. The maximum absolute atomic E-state index is 14.3. The third-order valence-electron chi connectivity index (χ3n) is 7.66. The summed E-state index contributed by atoms with van der Waals surface area (Å²) in [5.74, 6) is 0.908. The lowest BCUT2D eigenvalue weighted by atomic mass is 10.1. The second kappa shape index (κ2) is 15.8. The zero-order chi connectivity index (χ0) is 33.4. The number of nitrogen functional groups attached to an aromatic ring is 1. The molecule has 2 aliphatic rings. The molecule has 1 saturated heterocycles. The fourth-order valence-electron chi connectivity index (χ4n) is 5.48. The van der Waals surface area contributed by atoms with E-state index in [-0.39, 0.29) is 37.5 Å². The molecule has 46 heavy (non-hydrogen) atoms. The minimum absolute atomic E-state index is 0.0504. The Morgan fingerprint density at radius 2 is 1.93 bits per heavy atom. The Kier molecular flexibility index (Phi) is 12.1. The van der Waals surface area contributed by atoms with Crippen LogP contribution in [0.1, 0.15) is 60.8 Å². The van der Waals surface area contributed by atoms with E-state index in [0.717, 1.165) is 23.6 Å². The van der Waals surface area contributed by atoms with Gasteiger partial charge in [0.15, 0.2) is 5.82 Å². The lowest BCUT2D eigenvalue weighted by Crippen LogP contribution is -2.44. The summed E-state index contributed by atoms with van der Waals surface area (Å²) in [4.78, 5) is 23.3. The number of benzene rings is 2. The number of esters is 1. The van der Waals surface area contributed by atoms with Crippen molar-refractivity contribution < 1.29 is 32.6 Å². The fourth-order valence-corrected chi connectivity index (χ4v) is 7.02. The van der Waals surface area contributed by atoms with Gasteiger partial charge in [0.2, 0.25) is 11.8 Å². The van der Waals surface area contributed by atoms with Crippen LogP contribution in [0.5, 0.6) is 11.6 Å². The molecule has 4 N–H and O–H groups in total. The predicted molar refractivity (Wildman–Crippen MR) is 179 cm³/mol. The van der Waals surface area contributed by atoms with Gasteiger partial charge >= 0.3 is 13.7 Å². The van der Waals surface area contributed by atoms with Gasteiger partial charge in [-0.2, -0.15) is 15.1 Å². The largest absolute Gasteiger partial charge is 0.479 e. The Labute approximate surface area is 271 Å². The SMILES string of the molecule is CC.CCCCOC(=O)C(C)NP(=O)(OCC1CC(C)C(N2c3nc(N)nc(OC)c3NC2C)O1)Oc1cccc2ccccc12. The summed E-state index contributed by atoms with van der Waals surface area (Å²) in [6.07, 6.45) is 1.25. The second-order valence-electron chi connectivity index (χ2n) is 11.1. The van der Waals surface area contributed by atoms with Crippen LogP contribution in [0.4, 0.5) is 17.5 Å². The average Bonchev–Trinajstić information content (AvgIpc) is 3.58. The minimum atomic E-state index is -4.10. The summed E-state index contributed by atoms with van der Waals surface area (Å²) in [5.41, 5.74) is 6.60. The van der Waals surface area contributed by atoms with Crippen molar-refractivity contribution in [2.24, 2.45) is 5.92 Å². The van der Waals surface area contributed by atoms with Crippen LogP contribution in [-0.2, 0) is 23.4 Å². The number of aromatic nitrogens is 2. The van der Waals surface area contributed by atoms with E-state index in [9.17, 15) is 9.36 Å². The quantitative estimate of drug-likeness (QED) is 0.110. The van der Waals surface area contributed by atoms with Crippen molar-refractivity contribution in [3.05, 3.63) is 42.5 Å². The molecule has 0 aliphatic carbocycles. The summed E-state index contributed by atoms with van der Waals surface area (Å²) in [7, 11) is -2.58. The van der Waals surface area contributed by atoms with E-state index in [0.29, 0.717) is 29.6 Å². The van der Waals surface area contributed by atoms with Crippen molar-refractivity contribution in [1.29, 1.82) is 0 Å². The van der Waals surface area contributed by atoms with Crippen molar-refractivity contribution >= 4 is 41.9 Å². The first-order valence-corrected chi connectivity index (χ1v) is 17.4. The molecule has 6 unspecified atom stereocenters. The molecule has 0 amide bonds. The molecular formula is C32H47N6O7P. The monoisotopic (exact) mass is 658 g/mol. The number of rotatable bonds is 13. The maximum atomic E-state index is 14.3. The molecule has 2 aliphatic heterocycles. The number of nitrogens with one attached hydrogen (secondary N) is 2. The molecule has 3 aromatic rings. The molecule has 3 heterocycles. The van der Waals surface area contributed by atoms with Crippen molar-refractivity contribution in [2.45, 2.75) is 85.3 Å². The molecule has 13 nitrogen and oxygen atoms in total. The van der Waals surface area contributed by atoms with Crippen LogP contribution in [0.3, 0.4) is 0 Å². The van der Waals surface area contributed by atoms with Gasteiger partial charge in [-0.15, -0.1) is 0 Å². The molecule has 14 heteroatoms. The van der Waals surface area contributed by atoms with Gasteiger partial charge in [0.25, 0.3) is 0 Å². The number of fused-ring (bicyclic) bond motifs is 2. The normalized spacial score (nSPS) is 22.2. The Morgan fingerprint density at radius 1 is 1.20 bits per heavy atom. The number of hydrogen-bond acceptors (Lipinski definition) is 12. The molecule has 2 aromatic carbocycles. The summed E-state index contributed by atoms with van der Waals surface area (Å²) >= 11 is 0. The van der Waals surface area contributed by atoms with Crippen LogP contribution in [-0.4, -0.2) is 60.8 Å². The number of nitrogens with zero attached hydrogens (tertiary/aromatic N) is 3. The molecule has 0 spiro atoms. The third-order valence-corrected chi connectivity index (χ3v) is 9.29. The van der Waals surface area contributed by atoms with E-state index in [4.69, 9.17) is 29.0 Å². The number of unbranched alkanes of at least 4 members (excludes halogenated alkanes) is 1. The van der Waals surface area contributed by atoms with Crippen LogP contribution in [0, 0.1) is 5.92 Å². The zero-order valence-corrected chi connectivity index (χ0v) is 28.6. The zero-order valence-electron chi connectivity index (χ0n) is 27.7. The van der Waals surface area contributed by atoms with Gasteiger partial charge in [-0.3, -0.25) is 9.32 Å². The number of hydrogen-bond donors (Lipinski definition) is 3. The summed E-state index contributed by atoms with van der Waals surface area (Å²) in [6.45, 7) is 11.9. The highest BCUT2D eigenvalue weighted by Crippen LogP contribution is 2.48. The van der Waals surface area contributed by atoms with E-state index in [1.807, 2.05) is 69.0 Å². The molecule has 5 rings (SSSR count). The first-order valence-electron chi connectivity index (χ1n) is 15.9. The van der Waals surface area contributed by atoms with Gasteiger partial charge in [0.05, 0.1) is 26.4 Å². The molecule has 252 valence electrons. The molecule has 0 saturated carbocycles. The standard InChI is InChI=1S/C30H41N6O7P.C2H6/c1-6-7-15-40-29(37)19(3)35-44(38,43-24-14-10-12-21-11-8-9-13-23(21)24)41-17-22-16-18(2)28(42-22)36-20(4)32-25-26(36)33-30(31)34-27(25)39-5;1-2/h8-14,18-20,22,28,32H,6-7,15-17H2,1-5H3,(H,35,38)(H2,31,33,34);1-2H3. The lowest BCUT2D eigenvalue weighted by molar-refractivity contribution is -0.145. The van der Waals surface area contributed by atoms with Crippen LogP contribution in [0.25, 0.3) is 10.8 Å². The maximum Gasteiger partial charge on any atom is 0.459 e. The fraction of sp³-hybridized carbons (Fsp3) is 0.531. The van der Waals surface area contributed by atoms with Crippen molar-refractivity contribution in [1.82, 2.24) is 15.1 Å². The lowest BCUT2D eigenvalue weighted by Gasteiger charge is -2.31. The topological polar surface area (TPSA) is 159 Å².